The fourth-order valence-corrected chi connectivity index (χ4v) is 7.70. The lowest BCUT2D eigenvalue weighted by Crippen LogP contribution is -2.57. The lowest BCUT2D eigenvalue weighted by Gasteiger charge is -2.24. The number of hydrogen-bond acceptors (Lipinski definition) is 2. The zero-order chi connectivity index (χ0) is 38.9. The van der Waals surface area contributed by atoms with Gasteiger partial charge < -0.3 is 9.88 Å². The maximum atomic E-state index is 6.54. The van der Waals surface area contributed by atoms with Gasteiger partial charge in [-0.05, 0) is 55.0 Å². The molecule has 0 saturated carbocycles. The van der Waals surface area contributed by atoms with Crippen molar-refractivity contribution in [2.24, 2.45) is 15.0 Å². The molecule has 5 nitrogen and oxygen atoms in total. The standard InChI is InChI=1S/C46H32B5N5/c1-52-34-25-26-36-38(32-22-12-14-24-35(32)56(36)28-17-7-4-8-18-28)37(34)31-21-11-13-23-33(31)54-45(30-20-10-9-19-29(30)27-15-5-3-6-16-27)55-46(53-2)39-40(47)42(49)44(51)43(50)41(39)48/h3-24,52H,2,25-26H2,1H3. The molecule has 0 spiro atoms. The minimum atomic E-state index is 0.0888. The Morgan fingerprint density at radius 2 is 1.21 bits per heavy atom. The second kappa shape index (κ2) is 15.5. The number of nitrogens with one attached hydrogen (secondary N) is 1. The van der Waals surface area contributed by atoms with Gasteiger partial charge in [-0.2, -0.15) is 0 Å². The number of allylic oxidation sites excluding steroid dienone is 1. The van der Waals surface area contributed by atoms with Crippen molar-refractivity contribution in [2.75, 3.05) is 7.05 Å². The summed E-state index contributed by atoms with van der Waals surface area (Å²) in [6.45, 7) is 3.85. The predicted octanol–water partition coefficient (Wildman–Crippen LogP) is 4.42. The highest BCUT2D eigenvalue weighted by Crippen LogP contribution is 2.45. The average Bonchev–Trinajstić information content (AvgIpc) is 3.59. The van der Waals surface area contributed by atoms with Crippen molar-refractivity contribution in [3.8, 4) is 16.8 Å². The molecule has 6 aromatic carbocycles. The molecule has 256 valence electrons. The van der Waals surface area contributed by atoms with E-state index in [-0.39, 0.29) is 38.7 Å². The van der Waals surface area contributed by atoms with Gasteiger partial charge in [0.2, 0.25) is 0 Å². The van der Waals surface area contributed by atoms with Crippen molar-refractivity contribution in [1.29, 1.82) is 0 Å². The number of aliphatic imine (C=N–C) groups is 3. The van der Waals surface area contributed by atoms with Gasteiger partial charge in [0, 0.05) is 57.3 Å². The van der Waals surface area contributed by atoms with Crippen LogP contribution in [0.1, 0.15) is 34.4 Å². The van der Waals surface area contributed by atoms with E-state index in [4.69, 9.17) is 49.2 Å². The van der Waals surface area contributed by atoms with Crippen molar-refractivity contribution < 1.29 is 0 Å². The summed E-state index contributed by atoms with van der Waals surface area (Å²) in [5.41, 5.74) is 11.8. The van der Waals surface area contributed by atoms with Crippen molar-refractivity contribution in [3.63, 3.8) is 0 Å². The highest BCUT2D eigenvalue weighted by Gasteiger charge is 2.29. The Morgan fingerprint density at radius 3 is 1.91 bits per heavy atom. The van der Waals surface area contributed by atoms with Crippen LogP contribution in [-0.2, 0) is 6.42 Å². The quantitative estimate of drug-likeness (QED) is 0.149. The number of amidine groups is 2. The maximum Gasteiger partial charge on any atom is 0.162 e. The van der Waals surface area contributed by atoms with Gasteiger partial charge in [0.25, 0.3) is 0 Å². The summed E-state index contributed by atoms with van der Waals surface area (Å²) < 4.78 is 2.38. The minimum absolute atomic E-state index is 0.0888. The monoisotopic (exact) mass is 709 g/mol. The predicted molar refractivity (Wildman–Crippen MR) is 241 cm³/mol. The van der Waals surface area contributed by atoms with Crippen LogP contribution >= 0.6 is 0 Å². The van der Waals surface area contributed by atoms with Gasteiger partial charge in [-0.25, -0.2) is 15.0 Å². The van der Waals surface area contributed by atoms with Crippen LogP contribution in [0.4, 0.5) is 5.69 Å². The Hall–Kier alpha value is -6.27. The highest BCUT2D eigenvalue weighted by atomic mass is 15.0. The molecule has 1 aliphatic rings. The summed E-state index contributed by atoms with van der Waals surface area (Å²) in [7, 11) is 33.8. The fraction of sp³-hybridized carbons (Fsp3) is 0.0652. The average molecular weight is 709 g/mol. The summed E-state index contributed by atoms with van der Waals surface area (Å²) in [5.74, 6) is 0.444. The molecule has 1 aliphatic carbocycles. The number of para-hydroxylation sites is 3. The number of hydrogen-bond donors (Lipinski definition) is 1. The third kappa shape index (κ3) is 6.39. The normalized spacial score (nSPS) is 13.2. The van der Waals surface area contributed by atoms with Gasteiger partial charge in [-0.3, -0.25) is 0 Å². The van der Waals surface area contributed by atoms with Crippen LogP contribution in [0.5, 0.6) is 0 Å². The highest BCUT2D eigenvalue weighted by molar-refractivity contribution is 6.68. The van der Waals surface area contributed by atoms with Gasteiger partial charge in [0.1, 0.15) is 39.2 Å². The molecule has 1 heterocycles. The van der Waals surface area contributed by atoms with Crippen LogP contribution in [-0.4, -0.2) is 69.2 Å². The van der Waals surface area contributed by atoms with Crippen molar-refractivity contribution in [3.05, 3.63) is 167 Å². The van der Waals surface area contributed by atoms with Crippen LogP contribution < -0.4 is 32.6 Å². The zero-order valence-electron chi connectivity index (χ0n) is 31.0. The molecule has 0 aliphatic heterocycles. The Kier molecular flexibility index (Phi) is 10.1. The van der Waals surface area contributed by atoms with Gasteiger partial charge in [-0.1, -0.05) is 120 Å². The van der Waals surface area contributed by atoms with E-state index in [1.807, 2.05) is 85.9 Å². The molecular weight excluding hydrogens is 677 g/mol. The molecule has 0 saturated heterocycles. The third-order valence-corrected chi connectivity index (χ3v) is 10.4. The Labute approximate surface area is 334 Å². The summed E-state index contributed by atoms with van der Waals surface area (Å²) in [4.78, 5) is 14.8. The Balaban J connectivity index is 1.41. The first-order chi connectivity index (χ1) is 27.3. The molecule has 0 amide bonds. The van der Waals surface area contributed by atoms with Crippen LogP contribution in [0.3, 0.4) is 0 Å². The van der Waals surface area contributed by atoms with Gasteiger partial charge in [0.05, 0.1) is 11.2 Å². The molecule has 0 atom stereocenters. The lowest BCUT2D eigenvalue weighted by atomic mass is 9.60. The van der Waals surface area contributed by atoms with E-state index in [1.165, 1.54) is 11.3 Å². The van der Waals surface area contributed by atoms with Crippen molar-refractivity contribution in [2.45, 2.75) is 12.8 Å². The summed E-state index contributed by atoms with van der Waals surface area (Å²) >= 11 is 0. The van der Waals surface area contributed by atoms with Crippen LogP contribution in [0.15, 0.2) is 154 Å². The molecular formula is C46H32B5N5. The van der Waals surface area contributed by atoms with Crippen LogP contribution in [0.25, 0.3) is 33.3 Å². The first kappa shape index (κ1) is 36.7. The number of aromatic nitrogens is 1. The van der Waals surface area contributed by atoms with Crippen LogP contribution in [0, 0.1) is 0 Å². The first-order valence-corrected chi connectivity index (χ1v) is 18.3. The van der Waals surface area contributed by atoms with Gasteiger partial charge in [-0.15, -0.1) is 16.4 Å². The number of benzene rings is 6. The van der Waals surface area contributed by atoms with E-state index in [0.717, 1.165) is 63.0 Å². The molecule has 56 heavy (non-hydrogen) atoms. The smallest absolute Gasteiger partial charge is 0.162 e. The zero-order valence-corrected chi connectivity index (χ0v) is 31.0. The first-order valence-electron chi connectivity index (χ1n) is 18.3. The minimum Gasteiger partial charge on any atom is -0.391 e. The maximum absolute atomic E-state index is 6.54. The number of rotatable bonds is 7. The van der Waals surface area contributed by atoms with Crippen molar-refractivity contribution in [1.82, 2.24) is 9.88 Å². The SMILES string of the molecule is [B]c1c([B])c([B])c(C(N=C)=NC(=Nc2ccccc2C2=C(NC)CCc3c2c2ccccc2n3-c2ccccc2)c2ccccc2-c2ccccc2)c([B])c1[B]. The number of fused-ring (bicyclic) bond motifs is 3. The molecule has 8 rings (SSSR count). The van der Waals surface area contributed by atoms with E-state index < -0.39 is 0 Å². The van der Waals surface area contributed by atoms with E-state index >= 15 is 0 Å². The second-order valence-corrected chi connectivity index (χ2v) is 13.5. The Bertz CT molecular complexity index is 2720. The molecule has 10 heteroatoms. The van der Waals surface area contributed by atoms with E-state index in [9.17, 15) is 0 Å². The van der Waals surface area contributed by atoms with Gasteiger partial charge in [0.15, 0.2) is 11.7 Å². The number of nitrogens with zero attached hydrogens (tertiary/aromatic N) is 4. The molecule has 1 aromatic heterocycles. The third-order valence-electron chi connectivity index (χ3n) is 10.4. The molecule has 0 unspecified atom stereocenters. The molecule has 1 N–H and O–H groups in total. The fourth-order valence-electron chi connectivity index (χ4n) is 7.70. The van der Waals surface area contributed by atoms with E-state index in [2.05, 4.69) is 76.2 Å². The Morgan fingerprint density at radius 1 is 0.625 bits per heavy atom. The topological polar surface area (TPSA) is 54.0 Å². The molecule has 10 radical (unpaired) electrons. The van der Waals surface area contributed by atoms with Gasteiger partial charge >= 0.3 is 0 Å². The van der Waals surface area contributed by atoms with Crippen LogP contribution in [0.2, 0.25) is 0 Å². The van der Waals surface area contributed by atoms with Crippen molar-refractivity contribution >= 4 is 107 Å². The van der Waals surface area contributed by atoms with E-state index in [0.29, 0.717) is 11.5 Å². The summed E-state index contributed by atoms with van der Waals surface area (Å²) in [6, 6.07) is 45.3. The molecule has 0 fully saturated rings. The largest absolute Gasteiger partial charge is 0.391 e. The second-order valence-electron chi connectivity index (χ2n) is 13.5. The summed E-state index contributed by atoms with van der Waals surface area (Å²) in [6.07, 6.45) is 1.67. The molecule has 7 aromatic rings. The molecule has 0 bridgehead atoms. The van der Waals surface area contributed by atoms with E-state index in [1.54, 1.807) is 0 Å². The summed E-state index contributed by atoms with van der Waals surface area (Å²) in [5, 5.41) is 4.71. The lowest BCUT2D eigenvalue weighted by molar-refractivity contribution is 0.790.